The van der Waals surface area contributed by atoms with Crippen LogP contribution in [0.1, 0.15) is 23.6 Å². The Morgan fingerprint density at radius 1 is 1.08 bits per heavy atom. The largest absolute Gasteiger partial charge is 0.484 e. The minimum Gasteiger partial charge on any atom is -0.484 e. The van der Waals surface area contributed by atoms with Crippen LogP contribution in [0.4, 0.5) is 5.69 Å². The third-order valence-electron chi connectivity index (χ3n) is 4.00. The van der Waals surface area contributed by atoms with Crippen molar-refractivity contribution in [1.29, 1.82) is 0 Å². The van der Waals surface area contributed by atoms with Crippen molar-refractivity contribution in [3.8, 4) is 5.75 Å². The van der Waals surface area contributed by atoms with Crippen LogP contribution >= 0.6 is 0 Å². The third-order valence-corrected chi connectivity index (χ3v) is 4.00. The summed E-state index contributed by atoms with van der Waals surface area (Å²) in [5, 5.41) is 4.14. The van der Waals surface area contributed by atoms with E-state index in [9.17, 15) is 4.79 Å². The highest BCUT2D eigenvalue weighted by Gasteiger charge is 2.04. The molecule has 0 fully saturated rings. The molecular formula is C20H25N3O2. The molecule has 0 unspecified atom stereocenters. The summed E-state index contributed by atoms with van der Waals surface area (Å²) in [7, 11) is 3.98. The Bertz CT molecular complexity index is 765. The fourth-order valence-corrected chi connectivity index (χ4v) is 2.20. The highest BCUT2D eigenvalue weighted by atomic mass is 16.5. The van der Waals surface area contributed by atoms with E-state index in [0.717, 1.165) is 22.5 Å². The molecular weight excluding hydrogens is 314 g/mol. The quantitative estimate of drug-likeness (QED) is 0.649. The number of nitrogens with zero attached hydrogens (tertiary/aromatic N) is 2. The van der Waals surface area contributed by atoms with Gasteiger partial charge in [0.2, 0.25) is 0 Å². The first-order chi connectivity index (χ1) is 11.9. The number of aryl methyl sites for hydroxylation is 2. The van der Waals surface area contributed by atoms with Crippen LogP contribution in [0.15, 0.2) is 47.6 Å². The molecule has 132 valence electrons. The number of hydrogen-bond donors (Lipinski definition) is 1. The molecule has 0 spiro atoms. The Morgan fingerprint density at radius 2 is 1.76 bits per heavy atom. The maximum Gasteiger partial charge on any atom is 0.277 e. The molecule has 25 heavy (non-hydrogen) atoms. The van der Waals surface area contributed by atoms with Gasteiger partial charge in [0.15, 0.2) is 6.61 Å². The molecule has 2 aromatic rings. The number of nitrogens with one attached hydrogen (secondary N) is 1. The molecule has 2 rings (SSSR count). The highest BCUT2D eigenvalue weighted by Crippen LogP contribution is 2.16. The van der Waals surface area contributed by atoms with Gasteiger partial charge in [0.25, 0.3) is 5.91 Å². The summed E-state index contributed by atoms with van der Waals surface area (Å²) in [6, 6.07) is 13.7. The van der Waals surface area contributed by atoms with Crippen LogP contribution in [0.3, 0.4) is 0 Å². The molecule has 1 amide bonds. The van der Waals surface area contributed by atoms with Crippen LogP contribution in [-0.2, 0) is 4.79 Å². The van der Waals surface area contributed by atoms with Crippen molar-refractivity contribution < 1.29 is 9.53 Å². The fraction of sp³-hybridized carbons (Fsp3) is 0.300. The van der Waals surface area contributed by atoms with E-state index < -0.39 is 0 Å². The molecule has 0 heterocycles. The monoisotopic (exact) mass is 339 g/mol. The van der Waals surface area contributed by atoms with Crippen LogP contribution in [0.5, 0.6) is 5.75 Å². The summed E-state index contributed by atoms with van der Waals surface area (Å²) in [6.07, 6.45) is 0. The number of benzene rings is 2. The van der Waals surface area contributed by atoms with Crippen molar-refractivity contribution in [2.45, 2.75) is 20.8 Å². The van der Waals surface area contributed by atoms with Gasteiger partial charge in [-0.2, -0.15) is 5.10 Å². The Kier molecular flexibility index (Phi) is 6.17. The Hall–Kier alpha value is -2.82. The first-order valence-corrected chi connectivity index (χ1v) is 8.18. The normalized spacial score (nSPS) is 11.2. The second-order valence-corrected chi connectivity index (χ2v) is 6.21. The average Bonchev–Trinajstić information content (AvgIpc) is 2.60. The first kappa shape index (κ1) is 18.5. The number of carbonyl (C=O) groups is 1. The van der Waals surface area contributed by atoms with Crippen molar-refractivity contribution in [1.82, 2.24) is 5.43 Å². The zero-order valence-corrected chi connectivity index (χ0v) is 15.5. The lowest BCUT2D eigenvalue weighted by Crippen LogP contribution is -2.25. The summed E-state index contributed by atoms with van der Waals surface area (Å²) < 4.78 is 5.50. The van der Waals surface area contributed by atoms with E-state index in [2.05, 4.69) is 10.5 Å². The van der Waals surface area contributed by atoms with E-state index in [0.29, 0.717) is 5.75 Å². The number of carbonyl (C=O) groups excluding carboxylic acids is 1. The molecule has 0 bridgehead atoms. The number of ether oxygens (including phenoxy) is 1. The van der Waals surface area contributed by atoms with Crippen molar-refractivity contribution in [3.63, 3.8) is 0 Å². The van der Waals surface area contributed by atoms with Gasteiger partial charge in [-0.05, 0) is 61.7 Å². The molecule has 0 aromatic heterocycles. The van der Waals surface area contributed by atoms with Crippen molar-refractivity contribution >= 4 is 17.3 Å². The van der Waals surface area contributed by atoms with Crippen LogP contribution < -0.4 is 15.1 Å². The van der Waals surface area contributed by atoms with Gasteiger partial charge < -0.3 is 9.64 Å². The lowest BCUT2D eigenvalue weighted by molar-refractivity contribution is -0.123. The Balaban J connectivity index is 1.89. The molecule has 2 aromatic carbocycles. The van der Waals surface area contributed by atoms with Crippen LogP contribution in [0, 0.1) is 13.8 Å². The lowest BCUT2D eigenvalue weighted by Gasteiger charge is -2.12. The number of amides is 1. The van der Waals surface area contributed by atoms with Gasteiger partial charge in [-0.15, -0.1) is 0 Å². The van der Waals surface area contributed by atoms with Crippen LogP contribution in [0.2, 0.25) is 0 Å². The molecule has 0 aliphatic heterocycles. The molecule has 0 saturated carbocycles. The van der Waals surface area contributed by atoms with E-state index in [1.54, 1.807) is 0 Å². The van der Waals surface area contributed by atoms with Crippen molar-refractivity contribution in [3.05, 3.63) is 59.2 Å². The van der Waals surface area contributed by atoms with E-state index in [1.165, 1.54) is 5.56 Å². The summed E-state index contributed by atoms with van der Waals surface area (Å²) in [5.74, 6) is 0.390. The second kappa shape index (κ2) is 8.33. The molecule has 0 radical (unpaired) electrons. The van der Waals surface area contributed by atoms with Crippen LogP contribution in [0.25, 0.3) is 0 Å². The van der Waals surface area contributed by atoms with Gasteiger partial charge >= 0.3 is 0 Å². The zero-order chi connectivity index (χ0) is 18.4. The smallest absolute Gasteiger partial charge is 0.277 e. The number of hydrazone groups is 1. The number of anilines is 1. The fourth-order valence-electron chi connectivity index (χ4n) is 2.20. The van der Waals surface area contributed by atoms with Crippen molar-refractivity contribution in [2.75, 3.05) is 25.6 Å². The minimum atomic E-state index is -0.289. The Morgan fingerprint density at radius 3 is 2.36 bits per heavy atom. The van der Waals surface area contributed by atoms with Gasteiger partial charge in [0.1, 0.15) is 5.75 Å². The molecule has 5 heteroatoms. The lowest BCUT2D eigenvalue weighted by atomic mass is 10.1. The van der Waals surface area contributed by atoms with E-state index in [-0.39, 0.29) is 12.5 Å². The SMILES string of the molecule is C/C(=N/NC(=O)COc1ccc(C)c(C)c1)c1ccc(N(C)C)cc1. The molecule has 0 atom stereocenters. The topological polar surface area (TPSA) is 53.9 Å². The zero-order valence-electron chi connectivity index (χ0n) is 15.5. The standard InChI is InChI=1S/C20H25N3O2/c1-14-6-11-19(12-15(14)2)25-13-20(24)22-21-16(3)17-7-9-18(10-8-17)23(4)5/h6-12H,13H2,1-5H3,(H,22,24)/b21-16-. The predicted octanol–water partition coefficient (Wildman–Crippen LogP) is 3.29. The van der Waals surface area contributed by atoms with Crippen molar-refractivity contribution in [2.24, 2.45) is 5.10 Å². The van der Waals surface area contributed by atoms with Gasteiger partial charge in [0.05, 0.1) is 5.71 Å². The third kappa shape index (κ3) is 5.35. The molecule has 5 nitrogen and oxygen atoms in total. The van der Waals surface area contributed by atoms with E-state index in [1.807, 2.05) is 82.2 Å². The molecule has 1 N–H and O–H groups in total. The number of hydrogen-bond acceptors (Lipinski definition) is 4. The molecule has 0 aliphatic rings. The van der Waals surface area contributed by atoms with E-state index in [4.69, 9.17) is 4.74 Å². The maximum atomic E-state index is 11.9. The summed E-state index contributed by atoms with van der Waals surface area (Å²) in [4.78, 5) is 13.9. The summed E-state index contributed by atoms with van der Waals surface area (Å²) >= 11 is 0. The van der Waals surface area contributed by atoms with Crippen LogP contribution in [-0.4, -0.2) is 32.3 Å². The maximum absolute atomic E-state index is 11.9. The van der Waals surface area contributed by atoms with Gasteiger partial charge in [-0.1, -0.05) is 18.2 Å². The van der Waals surface area contributed by atoms with Gasteiger partial charge in [-0.25, -0.2) is 5.43 Å². The summed E-state index contributed by atoms with van der Waals surface area (Å²) in [6.45, 7) is 5.83. The minimum absolute atomic E-state index is 0.0706. The predicted molar refractivity (Wildman–Crippen MR) is 103 cm³/mol. The van der Waals surface area contributed by atoms with E-state index >= 15 is 0 Å². The van der Waals surface area contributed by atoms with Gasteiger partial charge in [-0.3, -0.25) is 4.79 Å². The first-order valence-electron chi connectivity index (χ1n) is 8.18. The second-order valence-electron chi connectivity index (χ2n) is 6.21. The summed E-state index contributed by atoms with van der Waals surface area (Å²) in [5.41, 5.74) is 7.67. The van der Waals surface area contributed by atoms with Gasteiger partial charge in [0, 0.05) is 19.8 Å². The number of rotatable bonds is 6. The average molecular weight is 339 g/mol. The molecule has 0 aliphatic carbocycles. The molecule has 0 saturated heterocycles. The Labute approximate surface area is 149 Å². The highest BCUT2D eigenvalue weighted by molar-refractivity contribution is 5.99.